The van der Waals surface area contributed by atoms with Crippen LogP contribution in [0, 0.1) is 0 Å². The summed E-state index contributed by atoms with van der Waals surface area (Å²) in [4.78, 5) is 13.5. The molecule has 0 fully saturated rings. The summed E-state index contributed by atoms with van der Waals surface area (Å²) in [6.07, 6.45) is 0.932. The van der Waals surface area contributed by atoms with Crippen LogP contribution in [0.1, 0.15) is 34.1 Å². The molecule has 0 unspecified atom stereocenters. The van der Waals surface area contributed by atoms with Gasteiger partial charge < -0.3 is 4.90 Å². The van der Waals surface area contributed by atoms with Crippen LogP contribution in [0.3, 0.4) is 0 Å². The molecule has 0 atom stereocenters. The Balaban J connectivity index is 3.10. The summed E-state index contributed by atoms with van der Waals surface area (Å²) in [7, 11) is 0. The average molecular weight is 205 g/mol. The molecule has 82 valence electrons. The lowest BCUT2D eigenvalue weighted by Gasteiger charge is -2.37. The second-order valence-electron chi connectivity index (χ2n) is 4.36. The fourth-order valence-corrected chi connectivity index (χ4v) is 1.69. The molecule has 1 aromatic carbocycles. The van der Waals surface area contributed by atoms with Crippen LogP contribution in [0.15, 0.2) is 30.3 Å². The maximum absolute atomic E-state index is 11.7. The zero-order valence-corrected chi connectivity index (χ0v) is 9.95. The molecule has 0 N–H and O–H groups in total. The van der Waals surface area contributed by atoms with E-state index in [0.717, 1.165) is 12.1 Å². The molecule has 0 saturated heterocycles. The third-order valence-electron chi connectivity index (χ3n) is 2.80. The van der Waals surface area contributed by atoms with Crippen LogP contribution in [-0.2, 0) is 4.79 Å². The van der Waals surface area contributed by atoms with Crippen LogP contribution in [0.4, 0.5) is 5.69 Å². The van der Waals surface area contributed by atoms with Crippen molar-refractivity contribution in [1.29, 1.82) is 0 Å². The summed E-state index contributed by atoms with van der Waals surface area (Å²) >= 11 is 0. The third-order valence-corrected chi connectivity index (χ3v) is 2.80. The van der Waals surface area contributed by atoms with Gasteiger partial charge in [0.2, 0.25) is 5.91 Å². The zero-order valence-electron chi connectivity index (χ0n) is 9.95. The lowest BCUT2D eigenvalue weighted by Crippen LogP contribution is -2.46. The standard InChI is InChI=1S/C13H19NO/c1-5-13(3,4)14(11(2)15)12-9-7-6-8-10-12/h6-10H,5H2,1-4H3. The van der Waals surface area contributed by atoms with Gasteiger partial charge in [-0.05, 0) is 32.4 Å². The highest BCUT2D eigenvalue weighted by Gasteiger charge is 2.28. The molecule has 1 rings (SSSR count). The zero-order chi connectivity index (χ0) is 11.5. The number of para-hydroxylation sites is 1. The minimum Gasteiger partial charge on any atom is -0.307 e. The van der Waals surface area contributed by atoms with E-state index in [0.29, 0.717) is 0 Å². The van der Waals surface area contributed by atoms with Crippen LogP contribution in [0.2, 0.25) is 0 Å². The predicted molar refractivity (Wildman–Crippen MR) is 64.0 cm³/mol. The molecular formula is C13H19NO. The van der Waals surface area contributed by atoms with Gasteiger partial charge in [-0.3, -0.25) is 4.79 Å². The summed E-state index contributed by atoms with van der Waals surface area (Å²) in [6.45, 7) is 7.88. The first kappa shape index (κ1) is 11.8. The molecule has 2 heteroatoms. The molecule has 0 spiro atoms. The first-order chi connectivity index (χ1) is 6.99. The van der Waals surface area contributed by atoms with Crippen molar-refractivity contribution in [3.8, 4) is 0 Å². The van der Waals surface area contributed by atoms with Crippen molar-refractivity contribution < 1.29 is 4.79 Å². The predicted octanol–water partition coefficient (Wildman–Crippen LogP) is 3.23. The lowest BCUT2D eigenvalue weighted by atomic mass is 9.98. The Hall–Kier alpha value is -1.31. The number of carbonyl (C=O) groups is 1. The van der Waals surface area contributed by atoms with E-state index >= 15 is 0 Å². The van der Waals surface area contributed by atoms with Gasteiger partial charge in [-0.2, -0.15) is 0 Å². The number of rotatable bonds is 3. The van der Waals surface area contributed by atoms with E-state index < -0.39 is 0 Å². The second kappa shape index (κ2) is 4.47. The van der Waals surface area contributed by atoms with E-state index in [-0.39, 0.29) is 11.4 Å². The van der Waals surface area contributed by atoms with Crippen molar-refractivity contribution in [1.82, 2.24) is 0 Å². The Morgan fingerprint density at radius 3 is 2.20 bits per heavy atom. The maximum Gasteiger partial charge on any atom is 0.224 e. The quantitative estimate of drug-likeness (QED) is 0.742. The smallest absolute Gasteiger partial charge is 0.224 e. The number of anilines is 1. The number of hydrogen-bond acceptors (Lipinski definition) is 1. The molecule has 0 aliphatic carbocycles. The van der Waals surface area contributed by atoms with E-state index in [4.69, 9.17) is 0 Å². The Labute approximate surface area is 91.9 Å². The number of hydrogen-bond donors (Lipinski definition) is 0. The molecule has 15 heavy (non-hydrogen) atoms. The number of nitrogens with zero attached hydrogens (tertiary/aromatic N) is 1. The summed E-state index contributed by atoms with van der Waals surface area (Å²) in [5.41, 5.74) is 0.838. The van der Waals surface area contributed by atoms with Crippen molar-refractivity contribution in [3.63, 3.8) is 0 Å². The van der Waals surface area contributed by atoms with Crippen LogP contribution >= 0.6 is 0 Å². The molecule has 0 bridgehead atoms. The van der Waals surface area contributed by atoms with Gasteiger partial charge in [-0.15, -0.1) is 0 Å². The van der Waals surface area contributed by atoms with Crippen LogP contribution in [-0.4, -0.2) is 11.4 Å². The summed E-state index contributed by atoms with van der Waals surface area (Å²) in [5, 5.41) is 0. The van der Waals surface area contributed by atoms with Crippen molar-refractivity contribution in [2.75, 3.05) is 4.90 Å². The monoisotopic (exact) mass is 205 g/mol. The Bertz CT molecular complexity index is 330. The summed E-state index contributed by atoms with van der Waals surface area (Å²) < 4.78 is 0. The normalized spacial score (nSPS) is 11.2. The molecule has 0 saturated carbocycles. The minimum atomic E-state index is -0.132. The van der Waals surface area contributed by atoms with Gasteiger partial charge in [0.1, 0.15) is 0 Å². The first-order valence-electron chi connectivity index (χ1n) is 5.35. The van der Waals surface area contributed by atoms with E-state index in [1.165, 1.54) is 0 Å². The van der Waals surface area contributed by atoms with Gasteiger partial charge in [0.05, 0.1) is 0 Å². The number of amides is 1. The van der Waals surface area contributed by atoms with Gasteiger partial charge in [-0.1, -0.05) is 25.1 Å². The Morgan fingerprint density at radius 2 is 1.80 bits per heavy atom. The van der Waals surface area contributed by atoms with Gasteiger partial charge in [0.15, 0.2) is 0 Å². The van der Waals surface area contributed by atoms with Crippen molar-refractivity contribution in [2.24, 2.45) is 0 Å². The topological polar surface area (TPSA) is 20.3 Å². The summed E-state index contributed by atoms with van der Waals surface area (Å²) in [6, 6.07) is 9.81. The maximum atomic E-state index is 11.7. The van der Waals surface area contributed by atoms with E-state index in [1.807, 2.05) is 35.2 Å². The lowest BCUT2D eigenvalue weighted by molar-refractivity contribution is -0.117. The van der Waals surface area contributed by atoms with Crippen molar-refractivity contribution in [3.05, 3.63) is 30.3 Å². The van der Waals surface area contributed by atoms with Crippen LogP contribution in [0.25, 0.3) is 0 Å². The molecule has 0 heterocycles. The molecule has 0 aliphatic heterocycles. The van der Waals surface area contributed by atoms with Crippen molar-refractivity contribution in [2.45, 2.75) is 39.7 Å². The molecular weight excluding hydrogens is 186 g/mol. The van der Waals surface area contributed by atoms with Crippen LogP contribution in [0.5, 0.6) is 0 Å². The largest absolute Gasteiger partial charge is 0.307 e. The highest BCUT2D eigenvalue weighted by Crippen LogP contribution is 2.26. The van der Waals surface area contributed by atoms with Gasteiger partial charge in [-0.25, -0.2) is 0 Å². The first-order valence-corrected chi connectivity index (χ1v) is 5.35. The molecule has 0 radical (unpaired) electrons. The fourth-order valence-electron chi connectivity index (χ4n) is 1.69. The van der Waals surface area contributed by atoms with Crippen LogP contribution < -0.4 is 4.90 Å². The second-order valence-corrected chi connectivity index (χ2v) is 4.36. The van der Waals surface area contributed by atoms with E-state index in [2.05, 4.69) is 20.8 Å². The Kier molecular flexibility index (Phi) is 3.51. The van der Waals surface area contributed by atoms with Gasteiger partial charge in [0.25, 0.3) is 0 Å². The van der Waals surface area contributed by atoms with E-state index in [9.17, 15) is 4.79 Å². The number of benzene rings is 1. The highest BCUT2D eigenvalue weighted by atomic mass is 16.2. The minimum absolute atomic E-state index is 0.0908. The molecule has 1 amide bonds. The Morgan fingerprint density at radius 1 is 1.27 bits per heavy atom. The fraction of sp³-hybridized carbons (Fsp3) is 0.462. The highest BCUT2D eigenvalue weighted by molar-refractivity contribution is 5.92. The average Bonchev–Trinajstić information content (AvgIpc) is 2.18. The SMILES string of the molecule is CCC(C)(C)N(C(C)=O)c1ccccc1. The third kappa shape index (κ3) is 2.58. The van der Waals surface area contributed by atoms with Crippen molar-refractivity contribution >= 4 is 11.6 Å². The van der Waals surface area contributed by atoms with Gasteiger partial charge in [0, 0.05) is 18.2 Å². The van der Waals surface area contributed by atoms with Gasteiger partial charge >= 0.3 is 0 Å². The number of carbonyl (C=O) groups excluding carboxylic acids is 1. The molecule has 0 aromatic heterocycles. The van der Waals surface area contributed by atoms with E-state index in [1.54, 1.807) is 6.92 Å². The molecule has 1 aromatic rings. The molecule has 0 aliphatic rings. The molecule has 2 nitrogen and oxygen atoms in total. The summed E-state index contributed by atoms with van der Waals surface area (Å²) in [5.74, 6) is 0.0908.